The Balaban J connectivity index is 4.85. The first-order chi connectivity index (χ1) is 5.68. The molecule has 12 heavy (non-hydrogen) atoms. The number of hydrogen-bond acceptors (Lipinski definition) is 6. The third-order valence-corrected chi connectivity index (χ3v) is 2.74. The minimum atomic E-state index is -2.88. The van der Waals surface area contributed by atoms with E-state index in [4.69, 9.17) is 11.8 Å². The number of hydrogen-bond donors (Lipinski definition) is 0. The fraction of sp³-hybridized carbons (Fsp3) is 0. The molecule has 0 aliphatic carbocycles. The van der Waals surface area contributed by atoms with Crippen molar-refractivity contribution in [1.29, 1.82) is 0 Å². The van der Waals surface area contributed by atoms with Crippen molar-refractivity contribution in [3.63, 3.8) is 0 Å². The van der Waals surface area contributed by atoms with Crippen LogP contribution >= 0.6 is 43.2 Å². The molecule has 0 unspecified atom stereocenters. The summed E-state index contributed by atoms with van der Waals surface area (Å²) in [6, 6.07) is 0. The molecule has 0 radical (unpaired) electrons. The highest BCUT2D eigenvalue weighted by Gasteiger charge is 2.14. The van der Waals surface area contributed by atoms with Gasteiger partial charge in [-0.25, -0.2) is 0 Å². The second kappa shape index (κ2) is 6.38. The van der Waals surface area contributed by atoms with E-state index in [-0.39, 0.29) is 0 Å². The Bertz CT molecular complexity index is 327. The van der Waals surface area contributed by atoms with Crippen LogP contribution in [0.3, 0.4) is 0 Å². The van der Waals surface area contributed by atoms with Gasteiger partial charge < -0.3 is 4.62 Å². The SMILES string of the molecule is S=C=NOP(=S)(N=C=S)N=C=S. The summed E-state index contributed by atoms with van der Waals surface area (Å²) < 4.78 is 11.6. The number of nitrogens with zero attached hydrogens (tertiary/aromatic N) is 3. The summed E-state index contributed by atoms with van der Waals surface area (Å²) >= 11 is 17.7. The van der Waals surface area contributed by atoms with Crippen molar-refractivity contribution in [1.82, 2.24) is 0 Å². The quantitative estimate of drug-likeness (QED) is 0.333. The van der Waals surface area contributed by atoms with Gasteiger partial charge in [-0.3, -0.25) is 0 Å². The summed E-state index contributed by atoms with van der Waals surface area (Å²) in [5.74, 6) is 0. The molecular formula is C3N3OPS4. The van der Waals surface area contributed by atoms with Crippen molar-refractivity contribution in [2.24, 2.45) is 14.7 Å². The van der Waals surface area contributed by atoms with Crippen LogP contribution in [0.25, 0.3) is 0 Å². The van der Waals surface area contributed by atoms with Crippen LogP contribution in [-0.2, 0) is 16.4 Å². The van der Waals surface area contributed by atoms with Crippen LogP contribution in [0.15, 0.2) is 14.7 Å². The molecule has 9 heteroatoms. The Kier molecular flexibility index (Phi) is 6.30. The van der Waals surface area contributed by atoms with E-state index in [0.29, 0.717) is 0 Å². The van der Waals surface area contributed by atoms with E-state index < -0.39 is 6.57 Å². The molecule has 4 nitrogen and oxygen atoms in total. The molecule has 0 fully saturated rings. The van der Waals surface area contributed by atoms with E-state index in [1.54, 1.807) is 0 Å². The summed E-state index contributed by atoms with van der Waals surface area (Å²) in [6.07, 6.45) is 0. The second-order valence-electron chi connectivity index (χ2n) is 1.14. The Hall–Kier alpha value is -0.150. The predicted octanol–water partition coefficient (Wildman–Crippen LogP) is 2.45. The third-order valence-electron chi connectivity index (χ3n) is 0.519. The van der Waals surface area contributed by atoms with Crippen LogP contribution in [0.1, 0.15) is 0 Å². The maximum absolute atomic E-state index is 4.78. The second-order valence-corrected chi connectivity index (χ2v) is 4.66. The smallest absolute Gasteiger partial charge is 0.312 e. The van der Waals surface area contributed by atoms with Gasteiger partial charge in [-0.1, -0.05) is 0 Å². The first kappa shape index (κ1) is 11.8. The zero-order chi connectivity index (χ0) is 9.45. The molecule has 0 saturated heterocycles. The van der Waals surface area contributed by atoms with Gasteiger partial charge in [0, 0.05) is 0 Å². The highest BCUT2D eigenvalue weighted by atomic mass is 32.4. The van der Waals surface area contributed by atoms with Crippen LogP contribution in [-0.4, -0.2) is 15.5 Å². The Morgan fingerprint density at radius 1 is 1.00 bits per heavy atom. The highest BCUT2D eigenvalue weighted by molar-refractivity contribution is 8.11. The van der Waals surface area contributed by atoms with Gasteiger partial charge in [0.15, 0.2) is 0 Å². The van der Waals surface area contributed by atoms with Crippen molar-refractivity contribution in [3.8, 4) is 0 Å². The van der Waals surface area contributed by atoms with Crippen molar-refractivity contribution >= 4 is 70.5 Å². The predicted molar refractivity (Wildman–Crippen MR) is 60.4 cm³/mol. The van der Waals surface area contributed by atoms with Gasteiger partial charge in [-0.15, -0.1) is 9.53 Å². The maximum atomic E-state index is 4.78. The maximum Gasteiger partial charge on any atom is 0.383 e. The molecule has 0 aromatic rings. The summed E-state index contributed by atoms with van der Waals surface area (Å²) in [6.45, 7) is -2.88. The van der Waals surface area contributed by atoms with E-state index in [9.17, 15) is 0 Å². The Labute approximate surface area is 89.6 Å². The van der Waals surface area contributed by atoms with E-state index in [1.165, 1.54) is 0 Å². The monoisotopic (exact) mass is 253 g/mol. The first-order valence-corrected chi connectivity index (χ1v) is 6.08. The van der Waals surface area contributed by atoms with Gasteiger partial charge in [0.05, 0.1) is 10.3 Å². The van der Waals surface area contributed by atoms with Crippen LogP contribution in [0.2, 0.25) is 0 Å². The molecule has 0 spiro atoms. The summed E-state index contributed by atoms with van der Waals surface area (Å²) in [7, 11) is 0. The van der Waals surface area contributed by atoms with Crippen LogP contribution in [0.5, 0.6) is 0 Å². The molecule has 0 aliphatic heterocycles. The van der Waals surface area contributed by atoms with Crippen LogP contribution in [0.4, 0.5) is 0 Å². The van der Waals surface area contributed by atoms with Crippen molar-refractivity contribution in [2.45, 2.75) is 0 Å². The zero-order valence-corrected chi connectivity index (χ0v) is 9.49. The highest BCUT2D eigenvalue weighted by Crippen LogP contribution is 2.49. The fourth-order valence-electron chi connectivity index (χ4n) is 0.232. The minimum Gasteiger partial charge on any atom is -0.312 e. The lowest BCUT2D eigenvalue weighted by molar-refractivity contribution is 0.384. The lowest BCUT2D eigenvalue weighted by atomic mass is 11.7. The lowest BCUT2D eigenvalue weighted by Crippen LogP contribution is -1.73. The summed E-state index contributed by atoms with van der Waals surface area (Å²) in [5.41, 5.74) is 0. The molecule has 0 N–H and O–H groups in total. The first-order valence-electron chi connectivity index (χ1n) is 2.23. The molecular weight excluding hydrogens is 253 g/mol. The number of rotatable bonds is 4. The molecule has 0 atom stereocenters. The van der Waals surface area contributed by atoms with E-state index in [0.717, 1.165) is 0 Å². The molecule has 0 bridgehead atoms. The van der Waals surface area contributed by atoms with Gasteiger partial charge >= 0.3 is 6.57 Å². The average Bonchev–Trinajstić information content (AvgIpc) is 2.02. The van der Waals surface area contributed by atoms with E-state index in [2.05, 4.69) is 56.0 Å². The lowest BCUT2D eigenvalue weighted by Gasteiger charge is -2.01. The van der Waals surface area contributed by atoms with Gasteiger partial charge in [-0.2, -0.15) is 0 Å². The molecule has 62 valence electrons. The summed E-state index contributed by atoms with van der Waals surface area (Å²) in [4.78, 5) is 0. The molecule has 0 aromatic carbocycles. The minimum absolute atomic E-state index is 1.94. The normalized spacial score (nSPS) is 12.3. The topological polar surface area (TPSA) is 46.3 Å². The zero-order valence-electron chi connectivity index (χ0n) is 5.33. The van der Waals surface area contributed by atoms with Gasteiger partial charge in [0.25, 0.3) is 0 Å². The van der Waals surface area contributed by atoms with Crippen molar-refractivity contribution in [3.05, 3.63) is 0 Å². The molecule has 0 saturated carbocycles. The molecule has 0 rings (SSSR count). The third kappa shape index (κ3) is 4.67. The Morgan fingerprint density at radius 3 is 1.83 bits per heavy atom. The van der Waals surface area contributed by atoms with Gasteiger partial charge in [-0.05, 0) is 53.6 Å². The van der Waals surface area contributed by atoms with Gasteiger partial charge in [0.2, 0.25) is 0 Å². The van der Waals surface area contributed by atoms with E-state index in [1.807, 2.05) is 15.5 Å². The molecule has 0 aliphatic rings. The molecule has 0 heterocycles. The largest absolute Gasteiger partial charge is 0.383 e. The van der Waals surface area contributed by atoms with Crippen molar-refractivity contribution < 1.29 is 4.62 Å². The van der Waals surface area contributed by atoms with E-state index >= 15 is 0 Å². The fourth-order valence-corrected chi connectivity index (χ4v) is 2.11. The number of thiocarbonyl (C=S) groups is 3. The van der Waals surface area contributed by atoms with Crippen LogP contribution in [0, 0.1) is 0 Å². The van der Waals surface area contributed by atoms with Crippen LogP contribution < -0.4 is 0 Å². The Morgan fingerprint density at radius 2 is 1.50 bits per heavy atom. The molecule has 0 amide bonds. The standard InChI is InChI=1S/C3N3OPS4/c9-1-4-7-8(12,5-2-10)6-3-11. The summed E-state index contributed by atoms with van der Waals surface area (Å²) in [5, 5.41) is 9.13. The average molecular weight is 253 g/mol. The van der Waals surface area contributed by atoms with Crippen molar-refractivity contribution in [2.75, 3.05) is 0 Å². The molecule has 0 aromatic heterocycles. The number of isothiocyanates is 3. The van der Waals surface area contributed by atoms with Gasteiger partial charge in [0.1, 0.15) is 5.16 Å².